The van der Waals surface area contributed by atoms with E-state index in [1.54, 1.807) is 36.4 Å². The van der Waals surface area contributed by atoms with Crippen LogP contribution in [-0.4, -0.2) is 8.42 Å². The van der Waals surface area contributed by atoms with E-state index >= 15 is 0 Å². The van der Waals surface area contributed by atoms with Crippen LogP contribution in [0, 0.1) is 6.92 Å². The van der Waals surface area contributed by atoms with Gasteiger partial charge in [-0.1, -0.05) is 17.7 Å². The Hall–Kier alpha value is -1.55. The number of aryl methyl sites for hydroxylation is 1. The van der Waals surface area contributed by atoms with Crippen molar-refractivity contribution < 1.29 is 12.8 Å². The first-order valence-electron chi connectivity index (χ1n) is 4.90. The third-order valence-corrected chi connectivity index (χ3v) is 3.95. The monoisotopic (exact) mass is 236 g/mol. The van der Waals surface area contributed by atoms with Crippen LogP contribution >= 0.6 is 0 Å². The van der Waals surface area contributed by atoms with Gasteiger partial charge in [0, 0.05) is 0 Å². The number of rotatable bonds is 3. The molecule has 0 amide bonds. The zero-order chi connectivity index (χ0) is 11.6. The maximum Gasteiger partial charge on any atom is 0.185 e. The molecule has 0 saturated carbocycles. The summed E-state index contributed by atoms with van der Waals surface area (Å²) in [5, 5.41) is 0. The topological polar surface area (TPSA) is 47.3 Å². The van der Waals surface area contributed by atoms with Crippen molar-refractivity contribution in [3.63, 3.8) is 0 Å². The SMILES string of the molecule is Cc1ccc(S(=O)(=O)Cc2ccco2)cc1. The molecule has 1 aromatic heterocycles. The van der Waals surface area contributed by atoms with Crippen molar-refractivity contribution in [3.8, 4) is 0 Å². The lowest BCUT2D eigenvalue weighted by Gasteiger charge is -2.02. The minimum Gasteiger partial charge on any atom is -0.468 e. The minimum atomic E-state index is -3.29. The summed E-state index contributed by atoms with van der Waals surface area (Å²) >= 11 is 0. The molecule has 0 unspecified atom stereocenters. The smallest absolute Gasteiger partial charge is 0.185 e. The second kappa shape index (κ2) is 4.14. The van der Waals surface area contributed by atoms with Crippen molar-refractivity contribution in [2.75, 3.05) is 0 Å². The molecule has 4 heteroatoms. The fourth-order valence-corrected chi connectivity index (χ4v) is 2.67. The fraction of sp³-hybridized carbons (Fsp3) is 0.167. The molecule has 0 aliphatic heterocycles. The molecule has 16 heavy (non-hydrogen) atoms. The van der Waals surface area contributed by atoms with Crippen molar-refractivity contribution in [3.05, 3.63) is 54.0 Å². The Morgan fingerprint density at radius 1 is 1.12 bits per heavy atom. The van der Waals surface area contributed by atoms with E-state index in [1.807, 2.05) is 6.92 Å². The molecule has 0 aliphatic carbocycles. The van der Waals surface area contributed by atoms with Gasteiger partial charge in [-0.15, -0.1) is 0 Å². The van der Waals surface area contributed by atoms with Crippen LogP contribution in [0.4, 0.5) is 0 Å². The van der Waals surface area contributed by atoms with Crippen molar-refractivity contribution in [1.82, 2.24) is 0 Å². The van der Waals surface area contributed by atoms with Crippen molar-refractivity contribution in [1.29, 1.82) is 0 Å². The molecule has 1 aromatic carbocycles. The molecular formula is C12H12O3S. The Kier molecular flexibility index (Phi) is 2.83. The Balaban J connectivity index is 2.29. The number of hydrogen-bond acceptors (Lipinski definition) is 3. The fourth-order valence-electron chi connectivity index (χ4n) is 1.41. The lowest BCUT2D eigenvalue weighted by atomic mass is 10.2. The van der Waals surface area contributed by atoms with E-state index in [0.29, 0.717) is 10.7 Å². The van der Waals surface area contributed by atoms with Crippen LogP contribution in [0.1, 0.15) is 11.3 Å². The van der Waals surface area contributed by atoms with Crippen LogP contribution in [0.3, 0.4) is 0 Å². The van der Waals surface area contributed by atoms with Gasteiger partial charge in [0.05, 0.1) is 11.2 Å². The van der Waals surface area contributed by atoms with Crippen LogP contribution < -0.4 is 0 Å². The molecule has 0 aliphatic rings. The Labute approximate surface area is 94.6 Å². The van der Waals surface area contributed by atoms with Crippen molar-refractivity contribution in [2.45, 2.75) is 17.6 Å². The van der Waals surface area contributed by atoms with Gasteiger partial charge in [0.2, 0.25) is 0 Å². The highest BCUT2D eigenvalue weighted by Crippen LogP contribution is 2.17. The lowest BCUT2D eigenvalue weighted by Crippen LogP contribution is -2.04. The summed E-state index contributed by atoms with van der Waals surface area (Å²) in [6.45, 7) is 1.92. The van der Waals surface area contributed by atoms with Gasteiger partial charge in [-0.25, -0.2) is 8.42 Å². The Morgan fingerprint density at radius 2 is 1.81 bits per heavy atom. The van der Waals surface area contributed by atoms with E-state index in [9.17, 15) is 8.42 Å². The summed E-state index contributed by atoms with van der Waals surface area (Å²) in [6, 6.07) is 10.1. The summed E-state index contributed by atoms with van der Waals surface area (Å²) < 4.78 is 28.9. The van der Waals surface area contributed by atoms with Gasteiger partial charge in [-0.05, 0) is 31.2 Å². The second-order valence-electron chi connectivity index (χ2n) is 3.65. The molecule has 3 nitrogen and oxygen atoms in total. The average Bonchev–Trinajstić information content (AvgIpc) is 2.70. The molecule has 84 valence electrons. The quantitative estimate of drug-likeness (QED) is 0.822. The van der Waals surface area contributed by atoms with Gasteiger partial charge in [-0.3, -0.25) is 0 Å². The highest BCUT2D eigenvalue weighted by molar-refractivity contribution is 7.90. The summed E-state index contributed by atoms with van der Waals surface area (Å²) in [7, 11) is -3.29. The zero-order valence-electron chi connectivity index (χ0n) is 8.88. The van der Waals surface area contributed by atoms with Gasteiger partial charge in [0.1, 0.15) is 11.5 Å². The predicted octanol–water partition coefficient (Wildman–Crippen LogP) is 2.56. The largest absolute Gasteiger partial charge is 0.468 e. The van der Waals surface area contributed by atoms with Gasteiger partial charge >= 0.3 is 0 Å². The summed E-state index contributed by atoms with van der Waals surface area (Å²) in [5.41, 5.74) is 1.04. The third-order valence-electron chi connectivity index (χ3n) is 2.29. The van der Waals surface area contributed by atoms with Crippen molar-refractivity contribution in [2.24, 2.45) is 0 Å². The lowest BCUT2D eigenvalue weighted by molar-refractivity contribution is 0.520. The van der Waals surface area contributed by atoms with E-state index < -0.39 is 9.84 Å². The number of furan rings is 1. The van der Waals surface area contributed by atoms with Gasteiger partial charge < -0.3 is 4.42 Å². The minimum absolute atomic E-state index is 0.0942. The van der Waals surface area contributed by atoms with Crippen LogP contribution in [0.2, 0.25) is 0 Å². The van der Waals surface area contributed by atoms with Gasteiger partial charge in [0.25, 0.3) is 0 Å². The van der Waals surface area contributed by atoms with E-state index in [0.717, 1.165) is 5.56 Å². The van der Waals surface area contributed by atoms with E-state index in [4.69, 9.17) is 4.42 Å². The molecule has 0 radical (unpaired) electrons. The molecule has 0 fully saturated rings. The molecule has 2 rings (SSSR count). The molecule has 0 atom stereocenters. The Morgan fingerprint density at radius 3 is 2.38 bits per heavy atom. The van der Waals surface area contributed by atoms with Gasteiger partial charge in [-0.2, -0.15) is 0 Å². The van der Waals surface area contributed by atoms with E-state index in [1.165, 1.54) is 6.26 Å². The number of benzene rings is 1. The first-order valence-corrected chi connectivity index (χ1v) is 6.55. The Bertz CT molecular complexity index is 551. The first-order chi connectivity index (χ1) is 7.58. The molecule has 0 N–H and O–H groups in total. The molecule has 0 spiro atoms. The van der Waals surface area contributed by atoms with Crippen LogP contribution in [0.15, 0.2) is 52.0 Å². The highest BCUT2D eigenvalue weighted by atomic mass is 32.2. The molecule has 2 aromatic rings. The zero-order valence-corrected chi connectivity index (χ0v) is 9.70. The summed E-state index contributed by atoms with van der Waals surface area (Å²) in [6.07, 6.45) is 1.47. The average molecular weight is 236 g/mol. The highest BCUT2D eigenvalue weighted by Gasteiger charge is 2.16. The van der Waals surface area contributed by atoms with E-state index in [-0.39, 0.29) is 5.75 Å². The van der Waals surface area contributed by atoms with Crippen molar-refractivity contribution >= 4 is 9.84 Å². The first kappa shape index (κ1) is 11.0. The van der Waals surface area contributed by atoms with Crippen LogP contribution in [-0.2, 0) is 15.6 Å². The van der Waals surface area contributed by atoms with Crippen LogP contribution in [0.25, 0.3) is 0 Å². The summed E-state index contributed by atoms with van der Waals surface area (Å²) in [4.78, 5) is 0.328. The second-order valence-corrected chi connectivity index (χ2v) is 5.64. The maximum absolute atomic E-state index is 12.0. The maximum atomic E-state index is 12.0. The third kappa shape index (κ3) is 2.33. The normalized spacial score (nSPS) is 11.6. The molecular weight excluding hydrogens is 224 g/mol. The summed E-state index contributed by atoms with van der Waals surface area (Å²) in [5.74, 6) is 0.365. The van der Waals surface area contributed by atoms with Gasteiger partial charge in [0.15, 0.2) is 9.84 Å². The number of hydrogen-bond donors (Lipinski definition) is 0. The van der Waals surface area contributed by atoms with Crippen LogP contribution in [0.5, 0.6) is 0 Å². The number of sulfone groups is 1. The van der Waals surface area contributed by atoms with E-state index in [2.05, 4.69) is 0 Å². The predicted molar refractivity (Wildman–Crippen MR) is 60.8 cm³/mol. The standard InChI is InChI=1S/C12H12O3S/c1-10-4-6-12(7-5-10)16(13,14)9-11-3-2-8-15-11/h2-8H,9H2,1H3. The molecule has 0 saturated heterocycles. The molecule has 0 bridgehead atoms. The molecule has 1 heterocycles.